The van der Waals surface area contributed by atoms with Gasteiger partial charge in [-0.15, -0.1) is 0 Å². The molecule has 7 nitrogen and oxygen atoms in total. The number of likely N-dealkylation sites (N-methyl/N-ethyl adjacent to an activating group) is 1. The molecular formula is C18H28FN3O4. The van der Waals surface area contributed by atoms with E-state index in [-0.39, 0.29) is 6.04 Å². The van der Waals surface area contributed by atoms with Gasteiger partial charge >= 0.3 is 0 Å². The van der Waals surface area contributed by atoms with Gasteiger partial charge in [0.05, 0.1) is 23.8 Å². The molecule has 0 aromatic carbocycles. The molecule has 0 amide bonds. The Morgan fingerprint density at radius 2 is 1.92 bits per heavy atom. The Balaban J connectivity index is 1.71. The number of ether oxygens (including phenoxy) is 1. The minimum absolute atomic E-state index is 0.0233. The molecule has 146 valence electrons. The predicted molar refractivity (Wildman–Crippen MR) is 92.7 cm³/mol. The van der Waals surface area contributed by atoms with E-state index in [0.717, 1.165) is 31.9 Å². The first-order valence-corrected chi connectivity index (χ1v) is 9.35. The Labute approximate surface area is 152 Å². The molecule has 8 heteroatoms. The van der Waals surface area contributed by atoms with Crippen molar-refractivity contribution in [3.63, 3.8) is 0 Å². The van der Waals surface area contributed by atoms with Gasteiger partial charge in [-0.05, 0) is 20.0 Å². The van der Waals surface area contributed by atoms with E-state index in [1.54, 1.807) is 0 Å². The zero-order valence-corrected chi connectivity index (χ0v) is 15.3. The van der Waals surface area contributed by atoms with Gasteiger partial charge in [-0.2, -0.15) is 0 Å². The van der Waals surface area contributed by atoms with Crippen LogP contribution in [0, 0.1) is 5.92 Å². The number of rotatable bonds is 2. The van der Waals surface area contributed by atoms with Crippen LogP contribution in [0.5, 0.6) is 0 Å². The molecule has 1 aliphatic carbocycles. The van der Waals surface area contributed by atoms with Gasteiger partial charge < -0.3 is 29.9 Å². The van der Waals surface area contributed by atoms with Crippen LogP contribution in [-0.2, 0) is 4.74 Å². The smallest absolute Gasteiger partial charge is 0.158 e. The summed E-state index contributed by atoms with van der Waals surface area (Å²) in [5, 5.41) is 29.9. The largest absolute Gasteiger partial charge is 0.492 e. The SMILES string of the molecule is C[C@H]1COC2=C3C(=CC(F)C2N2CCN(C)CC2)C(O)C(C(O)O)CN31. The van der Waals surface area contributed by atoms with Crippen LogP contribution in [-0.4, -0.2) is 107 Å². The molecule has 3 aliphatic heterocycles. The van der Waals surface area contributed by atoms with Gasteiger partial charge in [0.1, 0.15) is 24.6 Å². The zero-order chi connectivity index (χ0) is 18.6. The van der Waals surface area contributed by atoms with Crippen molar-refractivity contribution in [2.75, 3.05) is 46.4 Å². The number of hydrogen-bond donors (Lipinski definition) is 3. The molecule has 4 unspecified atom stereocenters. The second-order valence-electron chi connectivity index (χ2n) is 7.90. The molecule has 0 aromatic rings. The van der Waals surface area contributed by atoms with Crippen molar-refractivity contribution >= 4 is 0 Å². The van der Waals surface area contributed by atoms with Crippen molar-refractivity contribution in [2.24, 2.45) is 5.92 Å². The van der Waals surface area contributed by atoms with Crippen molar-refractivity contribution in [3.05, 3.63) is 23.1 Å². The number of piperazine rings is 1. The van der Waals surface area contributed by atoms with Gasteiger partial charge in [0.2, 0.25) is 0 Å². The van der Waals surface area contributed by atoms with Crippen LogP contribution in [0.3, 0.4) is 0 Å². The number of hydrogen-bond acceptors (Lipinski definition) is 7. The first kappa shape index (κ1) is 18.2. The average Bonchev–Trinajstić information content (AvgIpc) is 2.60. The summed E-state index contributed by atoms with van der Waals surface area (Å²) in [6, 6.07) is -0.463. The van der Waals surface area contributed by atoms with Gasteiger partial charge in [-0.3, -0.25) is 4.90 Å². The molecule has 0 aromatic heterocycles. The van der Waals surface area contributed by atoms with Crippen molar-refractivity contribution in [2.45, 2.75) is 37.6 Å². The molecule has 26 heavy (non-hydrogen) atoms. The molecule has 4 aliphatic rings. The Morgan fingerprint density at radius 3 is 2.58 bits per heavy atom. The zero-order valence-electron chi connectivity index (χ0n) is 15.3. The van der Waals surface area contributed by atoms with Gasteiger partial charge in [-0.1, -0.05) is 0 Å². The van der Waals surface area contributed by atoms with Crippen LogP contribution in [0.2, 0.25) is 0 Å². The summed E-state index contributed by atoms with van der Waals surface area (Å²) in [7, 11) is 2.06. The van der Waals surface area contributed by atoms with Crippen molar-refractivity contribution in [3.8, 4) is 0 Å². The van der Waals surface area contributed by atoms with Crippen LogP contribution in [0.1, 0.15) is 6.92 Å². The van der Waals surface area contributed by atoms with E-state index in [9.17, 15) is 15.3 Å². The molecule has 5 atom stereocenters. The van der Waals surface area contributed by atoms with E-state index in [1.807, 2.05) is 11.8 Å². The second-order valence-corrected chi connectivity index (χ2v) is 7.90. The first-order chi connectivity index (χ1) is 12.4. The summed E-state index contributed by atoms with van der Waals surface area (Å²) in [6.45, 7) is 6.02. The highest BCUT2D eigenvalue weighted by Crippen LogP contribution is 2.43. The van der Waals surface area contributed by atoms with Crippen molar-refractivity contribution in [1.82, 2.24) is 14.7 Å². The highest BCUT2D eigenvalue weighted by molar-refractivity contribution is 5.46. The fourth-order valence-electron chi connectivity index (χ4n) is 4.54. The molecule has 0 spiro atoms. The third kappa shape index (κ3) is 2.84. The molecule has 2 fully saturated rings. The van der Waals surface area contributed by atoms with Gasteiger partial charge in [0.25, 0.3) is 0 Å². The van der Waals surface area contributed by atoms with Crippen molar-refractivity contribution in [1.29, 1.82) is 0 Å². The monoisotopic (exact) mass is 369 g/mol. The minimum atomic E-state index is -1.65. The number of aliphatic hydroxyl groups excluding tert-OH is 2. The fraction of sp³-hybridized carbons (Fsp3) is 0.778. The number of halogens is 1. The van der Waals surface area contributed by atoms with Gasteiger partial charge in [0.15, 0.2) is 6.29 Å². The molecule has 4 rings (SSSR count). The molecular weight excluding hydrogens is 341 g/mol. The lowest BCUT2D eigenvalue weighted by Crippen LogP contribution is -2.59. The Bertz CT molecular complexity index is 618. The number of piperidine rings is 1. The van der Waals surface area contributed by atoms with Crippen LogP contribution < -0.4 is 0 Å². The maximum absolute atomic E-state index is 15.2. The highest BCUT2D eigenvalue weighted by atomic mass is 19.1. The maximum Gasteiger partial charge on any atom is 0.158 e. The maximum atomic E-state index is 15.2. The highest BCUT2D eigenvalue weighted by Gasteiger charge is 2.49. The van der Waals surface area contributed by atoms with Crippen molar-refractivity contribution < 1.29 is 24.4 Å². The lowest BCUT2D eigenvalue weighted by molar-refractivity contribution is -0.130. The lowest BCUT2D eigenvalue weighted by Gasteiger charge is -2.52. The van der Waals surface area contributed by atoms with E-state index in [2.05, 4.69) is 16.8 Å². The van der Waals surface area contributed by atoms with Crippen LogP contribution >= 0.6 is 0 Å². The molecule has 0 radical (unpaired) electrons. The summed E-state index contributed by atoms with van der Waals surface area (Å²) in [5.74, 6) is -0.179. The van der Waals surface area contributed by atoms with Crippen LogP contribution in [0.4, 0.5) is 4.39 Å². The third-order valence-corrected chi connectivity index (χ3v) is 6.16. The Kier molecular flexibility index (Phi) is 4.73. The van der Waals surface area contributed by atoms with Crippen LogP contribution in [0.25, 0.3) is 0 Å². The third-order valence-electron chi connectivity index (χ3n) is 6.16. The normalized spacial score (nSPS) is 39.0. The molecule has 3 N–H and O–H groups in total. The van der Waals surface area contributed by atoms with Crippen LogP contribution in [0.15, 0.2) is 23.1 Å². The summed E-state index contributed by atoms with van der Waals surface area (Å²) in [5.41, 5.74) is 1.17. The topological polar surface area (TPSA) is 79.6 Å². The second kappa shape index (κ2) is 6.76. The molecule has 2 saturated heterocycles. The summed E-state index contributed by atoms with van der Waals surface area (Å²) >= 11 is 0. The Hall–Kier alpha value is -1.19. The van der Waals surface area contributed by atoms with E-state index >= 15 is 4.39 Å². The van der Waals surface area contributed by atoms with E-state index in [4.69, 9.17) is 4.74 Å². The standard InChI is InChI=1S/C18H28FN3O4/c1-10-9-26-17-14-11(16(23)12(18(24)25)8-22(10)14)7-13(19)15(17)21-5-3-20(2)4-6-21/h7,10,12-13,15-16,18,23-25H,3-6,8-9H2,1-2H3/t10-,12?,13?,15?,16?/m0/s1. The average molecular weight is 369 g/mol. The van der Waals surface area contributed by atoms with Gasteiger partial charge in [-0.25, -0.2) is 4.39 Å². The number of alkyl halides is 1. The Morgan fingerprint density at radius 1 is 1.23 bits per heavy atom. The summed E-state index contributed by atoms with van der Waals surface area (Å²) in [4.78, 5) is 6.38. The predicted octanol–water partition coefficient (Wildman–Crippen LogP) is -0.886. The minimum Gasteiger partial charge on any atom is -0.492 e. The van der Waals surface area contributed by atoms with E-state index in [0.29, 0.717) is 24.5 Å². The lowest BCUT2D eigenvalue weighted by atomic mass is 9.80. The number of nitrogens with zero attached hydrogens (tertiary/aromatic N) is 3. The summed E-state index contributed by atoms with van der Waals surface area (Å²) < 4.78 is 21.2. The fourth-order valence-corrected chi connectivity index (χ4v) is 4.54. The van der Waals surface area contributed by atoms with E-state index in [1.165, 1.54) is 6.08 Å². The first-order valence-electron chi connectivity index (χ1n) is 9.35. The molecule has 0 bridgehead atoms. The van der Waals surface area contributed by atoms with E-state index < -0.39 is 30.5 Å². The summed E-state index contributed by atoms with van der Waals surface area (Å²) in [6.07, 6.45) is -2.61. The molecule has 3 heterocycles. The molecule has 0 saturated carbocycles. The van der Waals surface area contributed by atoms with Gasteiger partial charge in [0, 0.05) is 38.3 Å². The quantitative estimate of drug-likeness (QED) is 0.545. The number of aliphatic hydroxyl groups is 3.